The average Bonchev–Trinajstić information content (AvgIpc) is 2.95. The Morgan fingerprint density at radius 2 is 1.62 bits per heavy atom. The highest BCUT2D eigenvalue weighted by Crippen LogP contribution is 2.24. The van der Waals surface area contributed by atoms with E-state index in [4.69, 9.17) is 0 Å². The van der Waals surface area contributed by atoms with Crippen molar-refractivity contribution in [2.45, 2.75) is 6.42 Å². The van der Waals surface area contributed by atoms with Crippen LogP contribution in [-0.4, -0.2) is 24.9 Å². The lowest BCUT2D eigenvalue weighted by Crippen LogP contribution is -2.31. The van der Waals surface area contributed by atoms with Crippen molar-refractivity contribution in [1.82, 2.24) is 5.32 Å². The van der Waals surface area contributed by atoms with Gasteiger partial charge in [0.25, 0.3) is 5.91 Å². The minimum atomic E-state index is -0.400. The van der Waals surface area contributed by atoms with Gasteiger partial charge >= 0.3 is 0 Å². The number of halogens is 2. The zero-order chi connectivity index (χ0) is 17.1. The molecule has 0 aliphatic carbocycles. The van der Waals surface area contributed by atoms with Crippen molar-refractivity contribution in [3.63, 3.8) is 0 Å². The molecule has 1 aliphatic rings. The number of nitrogens with zero attached hydrogens (tertiary/aromatic N) is 1. The predicted octanol–water partition coefficient (Wildman–Crippen LogP) is 2.75. The summed E-state index contributed by atoms with van der Waals surface area (Å²) in [7, 11) is 0. The van der Waals surface area contributed by atoms with Gasteiger partial charge in [-0.15, -0.1) is 0 Å². The smallest absolute Gasteiger partial charge is 0.251 e. The van der Waals surface area contributed by atoms with Gasteiger partial charge in [0.05, 0.1) is 0 Å². The van der Waals surface area contributed by atoms with Crippen molar-refractivity contribution in [3.8, 4) is 0 Å². The molecule has 0 spiro atoms. The number of benzene rings is 2. The van der Waals surface area contributed by atoms with Crippen LogP contribution in [0.15, 0.2) is 48.5 Å². The molecular formula is C18H16F2N2O2. The van der Waals surface area contributed by atoms with Gasteiger partial charge in [-0.25, -0.2) is 8.78 Å². The fourth-order valence-corrected chi connectivity index (χ4v) is 2.73. The van der Waals surface area contributed by atoms with Crippen LogP contribution < -0.4 is 10.2 Å². The second-order valence-electron chi connectivity index (χ2n) is 5.77. The first-order chi connectivity index (χ1) is 11.5. The van der Waals surface area contributed by atoms with Crippen LogP contribution in [0, 0.1) is 17.6 Å². The van der Waals surface area contributed by atoms with E-state index in [1.807, 2.05) is 0 Å². The molecule has 0 bridgehead atoms. The van der Waals surface area contributed by atoms with E-state index >= 15 is 0 Å². The highest BCUT2D eigenvalue weighted by molar-refractivity contribution is 5.96. The zero-order valence-corrected chi connectivity index (χ0v) is 12.8. The lowest BCUT2D eigenvalue weighted by Gasteiger charge is -2.17. The zero-order valence-electron chi connectivity index (χ0n) is 12.8. The number of hydrogen-bond donors (Lipinski definition) is 1. The molecule has 0 aromatic heterocycles. The van der Waals surface area contributed by atoms with Gasteiger partial charge in [-0.2, -0.15) is 0 Å². The highest BCUT2D eigenvalue weighted by Gasteiger charge is 2.30. The fraction of sp³-hybridized carbons (Fsp3) is 0.222. The van der Waals surface area contributed by atoms with E-state index in [0.717, 1.165) is 0 Å². The lowest BCUT2D eigenvalue weighted by atomic mass is 10.1. The van der Waals surface area contributed by atoms with Gasteiger partial charge in [0.2, 0.25) is 5.91 Å². The molecule has 24 heavy (non-hydrogen) atoms. The summed E-state index contributed by atoms with van der Waals surface area (Å²) >= 11 is 0. The maximum atomic E-state index is 13.0. The lowest BCUT2D eigenvalue weighted by molar-refractivity contribution is -0.117. The Labute approximate surface area is 138 Å². The van der Waals surface area contributed by atoms with Crippen LogP contribution in [-0.2, 0) is 4.79 Å². The Morgan fingerprint density at radius 3 is 2.25 bits per heavy atom. The van der Waals surface area contributed by atoms with Crippen LogP contribution in [0.4, 0.5) is 14.5 Å². The Balaban J connectivity index is 1.57. The van der Waals surface area contributed by atoms with Crippen molar-refractivity contribution in [3.05, 3.63) is 65.7 Å². The molecule has 1 unspecified atom stereocenters. The third-order valence-electron chi connectivity index (χ3n) is 4.00. The van der Waals surface area contributed by atoms with E-state index in [0.29, 0.717) is 30.8 Å². The fourth-order valence-electron chi connectivity index (χ4n) is 2.73. The van der Waals surface area contributed by atoms with Gasteiger partial charge in [-0.1, -0.05) is 0 Å². The molecule has 1 atom stereocenters. The topological polar surface area (TPSA) is 49.4 Å². The molecule has 1 N–H and O–H groups in total. The average molecular weight is 330 g/mol. The van der Waals surface area contributed by atoms with Gasteiger partial charge in [0.15, 0.2) is 0 Å². The number of anilines is 1. The van der Waals surface area contributed by atoms with Crippen LogP contribution in [0.1, 0.15) is 16.8 Å². The van der Waals surface area contributed by atoms with Crippen LogP contribution >= 0.6 is 0 Å². The van der Waals surface area contributed by atoms with Crippen LogP contribution in [0.3, 0.4) is 0 Å². The minimum Gasteiger partial charge on any atom is -0.352 e. The molecule has 6 heteroatoms. The molecule has 0 saturated carbocycles. The van der Waals surface area contributed by atoms with Crippen LogP contribution in [0.5, 0.6) is 0 Å². The summed E-state index contributed by atoms with van der Waals surface area (Å²) in [6.07, 6.45) is 0.321. The summed E-state index contributed by atoms with van der Waals surface area (Å²) in [5.74, 6) is -1.13. The summed E-state index contributed by atoms with van der Waals surface area (Å²) in [5.41, 5.74) is 1.02. The maximum absolute atomic E-state index is 13.0. The van der Waals surface area contributed by atoms with Crippen molar-refractivity contribution in [1.29, 1.82) is 0 Å². The number of carbonyl (C=O) groups excluding carboxylic acids is 2. The Morgan fingerprint density at radius 1 is 1.04 bits per heavy atom. The summed E-state index contributed by atoms with van der Waals surface area (Å²) in [5, 5.41) is 2.76. The normalized spacial score (nSPS) is 17.2. The number of nitrogens with one attached hydrogen (secondary N) is 1. The number of amides is 2. The number of carbonyl (C=O) groups is 2. The quantitative estimate of drug-likeness (QED) is 0.937. The molecule has 1 heterocycles. The molecular weight excluding hydrogens is 314 g/mol. The Hall–Kier alpha value is -2.76. The van der Waals surface area contributed by atoms with E-state index in [1.54, 1.807) is 17.0 Å². The van der Waals surface area contributed by atoms with Crippen molar-refractivity contribution < 1.29 is 18.4 Å². The molecule has 2 aromatic carbocycles. The van der Waals surface area contributed by atoms with Gasteiger partial charge in [0.1, 0.15) is 11.6 Å². The van der Waals surface area contributed by atoms with E-state index in [1.165, 1.54) is 36.4 Å². The Bertz CT molecular complexity index is 745. The highest BCUT2D eigenvalue weighted by atomic mass is 19.1. The number of hydrogen-bond acceptors (Lipinski definition) is 2. The van der Waals surface area contributed by atoms with Gasteiger partial charge < -0.3 is 10.2 Å². The SMILES string of the molecule is O=C(NCC1CC(=O)N(c2ccc(F)cc2)C1)c1ccc(F)cc1. The molecule has 1 aliphatic heterocycles. The van der Waals surface area contributed by atoms with Crippen molar-refractivity contribution >= 4 is 17.5 Å². The predicted molar refractivity (Wildman–Crippen MR) is 85.6 cm³/mol. The van der Waals surface area contributed by atoms with Gasteiger partial charge in [-0.3, -0.25) is 9.59 Å². The third kappa shape index (κ3) is 3.59. The van der Waals surface area contributed by atoms with Crippen molar-refractivity contribution in [2.24, 2.45) is 5.92 Å². The largest absolute Gasteiger partial charge is 0.352 e. The molecule has 0 radical (unpaired) electrons. The second-order valence-corrected chi connectivity index (χ2v) is 5.77. The second kappa shape index (κ2) is 6.78. The monoisotopic (exact) mass is 330 g/mol. The number of rotatable bonds is 4. The summed E-state index contributed by atoms with van der Waals surface area (Å²) in [6, 6.07) is 11.0. The van der Waals surface area contributed by atoms with Crippen LogP contribution in [0.25, 0.3) is 0 Å². The Kier molecular flexibility index (Phi) is 4.55. The van der Waals surface area contributed by atoms with Gasteiger partial charge in [-0.05, 0) is 48.5 Å². The van der Waals surface area contributed by atoms with E-state index in [2.05, 4.69) is 5.32 Å². The molecule has 1 saturated heterocycles. The molecule has 124 valence electrons. The summed E-state index contributed by atoms with van der Waals surface area (Å²) < 4.78 is 25.8. The first kappa shape index (κ1) is 16.1. The van der Waals surface area contributed by atoms with Gasteiger partial charge in [0, 0.05) is 36.7 Å². The first-order valence-electron chi connectivity index (χ1n) is 7.62. The summed E-state index contributed by atoms with van der Waals surface area (Å²) in [4.78, 5) is 25.7. The molecule has 2 amide bonds. The van der Waals surface area contributed by atoms with Crippen molar-refractivity contribution in [2.75, 3.05) is 18.0 Å². The third-order valence-corrected chi connectivity index (χ3v) is 4.00. The van der Waals surface area contributed by atoms with E-state index < -0.39 is 5.82 Å². The van der Waals surface area contributed by atoms with E-state index in [-0.39, 0.29) is 23.5 Å². The van der Waals surface area contributed by atoms with Crippen LogP contribution in [0.2, 0.25) is 0 Å². The standard InChI is InChI=1S/C18H16F2N2O2/c19-14-3-1-13(2-4-14)18(24)21-10-12-9-17(23)22(11-12)16-7-5-15(20)6-8-16/h1-8,12H,9-11H2,(H,21,24). The molecule has 1 fully saturated rings. The first-order valence-corrected chi connectivity index (χ1v) is 7.62. The maximum Gasteiger partial charge on any atom is 0.251 e. The molecule has 2 aromatic rings. The minimum absolute atomic E-state index is 0.0213. The molecule has 4 nitrogen and oxygen atoms in total. The van der Waals surface area contributed by atoms with E-state index in [9.17, 15) is 18.4 Å². The molecule has 3 rings (SSSR count). The summed E-state index contributed by atoms with van der Waals surface area (Å²) in [6.45, 7) is 0.813.